The molecule has 0 saturated heterocycles. The molecule has 0 fully saturated rings. The van der Waals surface area contributed by atoms with Crippen LogP contribution < -0.4 is 5.32 Å². The molecule has 2 aromatic rings. The van der Waals surface area contributed by atoms with Crippen LogP contribution >= 0.6 is 15.9 Å². The van der Waals surface area contributed by atoms with E-state index < -0.39 is 0 Å². The summed E-state index contributed by atoms with van der Waals surface area (Å²) in [4.78, 5) is 0. The average Bonchev–Trinajstić information content (AvgIpc) is 2.36. The van der Waals surface area contributed by atoms with Gasteiger partial charge >= 0.3 is 0 Å². The Hall–Kier alpha value is -1.28. The van der Waals surface area contributed by atoms with Gasteiger partial charge in [-0.05, 0) is 55.2 Å². The average molecular weight is 304 g/mol. The maximum atomic E-state index is 3.56. The molecule has 18 heavy (non-hydrogen) atoms. The van der Waals surface area contributed by atoms with Crippen molar-refractivity contribution in [2.24, 2.45) is 0 Å². The van der Waals surface area contributed by atoms with Crippen molar-refractivity contribution in [1.82, 2.24) is 0 Å². The number of halogens is 1. The van der Waals surface area contributed by atoms with Crippen LogP contribution in [0.15, 0.2) is 40.9 Å². The number of anilines is 1. The molecule has 0 spiro atoms. The molecule has 0 radical (unpaired) electrons. The minimum atomic E-state index is 0.866. The van der Waals surface area contributed by atoms with Gasteiger partial charge in [0.2, 0.25) is 0 Å². The molecule has 0 unspecified atom stereocenters. The Morgan fingerprint density at radius 2 is 1.67 bits per heavy atom. The Morgan fingerprint density at radius 1 is 0.944 bits per heavy atom. The fraction of sp³-hybridized carbons (Fsp3) is 0.250. The second kappa shape index (κ2) is 5.57. The van der Waals surface area contributed by atoms with Crippen molar-refractivity contribution in [3.63, 3.8) is 0 Å². The van der Waals surface area contributed by atoms with Gasteiger partial charge in [-0.25, -0.2) is 0 Å². The van der Waals surface area contributed by atoms with Gasteiger partial charge in [0.1, 0.15) is 0 Å². The molecule has 0 aliphatic heterocycles. The van der Waals surface area contributed by atoms with Crippen molar-refractivity contribution in [2.75, 3.05) is 5.32 Å². The van der Waals surface area contributed by atoms with Crippen LogP contribution in [0.2, 0.25) is 0 Å². The topological polar surface area (TPSA) is 12.0 Å². The summed E-state index contributed by atoms with van der Waals surface area (Å²) in [6.07, 6.45) is 0. The van der Waals surface area contributed by atoms with Crippen molar-refractivity contribution < 1.29 is 0 Å². The third-order valence-corrected chi connectivity index (χ3v) is 4.31. The molecule has 0 aliphatic rings. The quantitative estimate of drug-likeness (QED) is 0.842. The van der Waals surface area contributed by atoms with Gasteiger partial charge in [-0.1, -0.05) is 40.2 Å². The monoisotopic (exact) mass is 303 g/mol. The maximum absolute atomic E-state index is 3.56. The first-order chi connectivity index (χ1) is 8.59. The molecule has 0 bridgehead atoms. The van der Waals surface area contributed by atoms with E-state index in [1.54, 1.807) is 0 Å². The van der Waals surface area contributed by atoms with Gasteiger partial charge in [0.05, 0.1) is 0 Å². The second-order valence-electron chi connectivity index (χ2n) is 4.62. The Kier molecular flexibility index (Phi) is 4.07. The van der Waals surface area contributed by atoms with Crippen LogP contribution in [0, 0.1) is 20.8 Å². The van der Waals surface area contributed by atoms with E-state index in [0.29, 0.717) is 0 Å². The molecule has 2 aromatic carbocycles. The number of rotatable bonds is 3. The van der Waals surface area contributed by atoms with E-state index in [1.807, 2.05) is 0 Å². The Balaban J connectivity index is 2.17. The first-order valence-corrected chi connectivity index (χ1v) is 6.93. The lowest BCUT2D eigenvalue weighted by Crippen LogP contribution is -2.03. The highest BCUT2D eigenvalue weighted by atomic mass is 79.9. The van der Waals surface area contributed by atoms with E-state index in [0.717, 1.165) is 11.0 Å². The predicted octanol–water partition coefficient (Wildman–Crippen LogP) is 4.99. The van der Waals surface area contributed by atoms with Crippen LogP contribution in [-0.4, -0.2) is 0 Å². The molecular formula is C16H18BrN. The van der Waals surface area contributed by atoms with Crippen LogP contribution in [0.25, 0.3) is 0 Å². The highest BCUT2D eigenvalue weighted by Gasteiger charge is 2.03. The van der Waals surface area contributed by atoms with Crippen molar-refractivity contribution in [1.29, 1.82) is 0 Å². The number of benzene rings is 2. The summed E-state index contributed by atoms with van der Waals surface area (Å²) in [6.45, 7) is 7.32. The third-order valence-electron chi connectivity index (χ3n) is 3.45. The fourth-order valence-electron chi connectivity index (χ4n) is 1.99. The van der Waals surface area contributed by atoms with Crippen LogP contribution in [0.4, 0.5) is 5.69 Å². The maximum Gasteiger partial charge on any atom is 0.0403 e. The number of hydrogen-bond acceptors (Lipinski definition) is 1. The van der Waals surface area contributed by atoms with Gasteiger partial charge < -0.3 is 5.32 Å². The lowest BCUT2D eigenvalue weighted by atomic mass is 10.0. The summed E-state index contributed by atoms with van der Waals surface area (Å²) in [5.41, 5.74) is 6.51. The lowest BCUT2D eigenvalue weighted by Gasteiger charge is -2.13. The Labute approximate surface area is 117 Å². The minimum Gasteiger partial charge on any atom is -0.381 e. The van der Waals surface area contributed by atoms with E-state index in [9.17, 15) is 0 Å². The van der Waals surface area contributed by atoms with Crippen LogP contribution in [0.1, 0.15) is 22.3 Å². The molecule has 1 N–H and O–H groups in total. The normalized spacial score (nSPS) is 10.4. The summed E-state index contributed by atoms with van der Waals surface area (Å²) >= 11 is 3.56. The van der Waals surface area contributed by atoms with Crippen molar-refractivity contribution >= 4 is 21.6 Å². The molecule has 0 amide bonds. The van der Waals surface area contributed by atoms with Gasteiger partial charge in [0.15, 0.2) is 0 Å². The van der Waals surface area contributed by atoms with Gasteiger partial charge in [0.25, 0.3) is 0 Å². The predicted molar refractivity (Wildman–Crippen MR) is 82.1 cm³/mol. The standard InChI is InChI=1S/C16H18BrN/c1-11-6-4-7-14(12(11)2)10-18-16-9-5-8-15(17)13(16)3/h4-9,18H,10H2,1-3H3. The molecule has 2 heteroatoms. The summed E-state index contributed by atoms with van der Waals surface area (Å²) in [7, 11) is 0. The molecule has 2 rings (SSSR count). The molecule has 0 saturated carbocycles. The highest BCUT2D eigenvalue weighted by Crippen LogP contribution is 2.24. The molecule has 1 nitrogen and oxygen atoms in total. The zero-order chi connectivity index (χ0) is 13.1. The second-order valence-corrected chi connectivity index (χ2v) is 5.48. The van der Waals surface area contributed by atoms with Crippen molar-refractivity contribution in [3.8, 4) is 0 Å². The lowest BCUT2D eigenvalue weighted by molar-refractivity contribution is 1.10. The van der Waals surface area contributed by atoms with Crippen LogP contribution in [0.5, 0.6) is 0 Å². The summed E-state index contributed by atoms with van der Waals surface area (Å²) < 4.78 is 1.15. The van der Waals surface area contributed by atoms with E-state index in [-0.39, 0.29) is 0 Å². The molecule has 0 heterocycles. The molecule has 0 aromatic heterocycles. The van der Waals surface area contributed by atoms with Crippen molar-refractivity contribution in [3.05, 3.63) is 63.1 Å². The Morgan fingerprint density at radius 3 is 2.44 bits per heavy atom. The zero-order valence-electron chi connectivity index (χ0n) is 11.0. The largest absolute Gasteiger partial charge is 0.381 e. The SMILES string of the molecule is Cc1cccc(CNc2cccc(Br)c2C)c1C. The summed E-state index contributed by atoms with van der Waals surface area (Å²) in [5, 5.41) is 3.51. The number of nitrogens with one attached hydrogen (secondary N) is 1. The third kappa shape index (κ3) is 2.75. The number of aryl methyl sites for hydroxylation is 1. The van der Waals surface area contributed by atoms with Gasteiger partial charge in [-0.2, -0.15) is 0 Å². The fourth-order valence-corrected chi connectivity index (χ4v) is 2.36. The first kappa shape index (κ1) is 13.2. The minimum absolute atomic E-state index is 0.866. The van der Waals surface area contributed by atoms with Crippen LogP contribution in [-0.2, 0) is 6.54 Å². The molecular weight excluding hydrogens is 286 g/mol. The van der Waals surface area contributed by atoms with E-state index in [1.165, 1.54) is 27.9 Å². The molecule has 0 atom stereocenters. The Bertz CT molecular complexity index is 510. The van der Waals surface area contributed by atoms with Gasteiger partial charge in [0, 0.05) is 16.7 Å². The van der Waals surface area contributed by atoms with Crippen molar-refractivity contribution in [2.45, 2.75) is 27.3 Å². The molecule has 94 valence electrons. The molecule has 0 aliphatic carbocycles. The smallest absolute Gasteiger partial charge is 0.0403 e. The van der Waals surface area contributed by atoms with E-state index in [4.69, 9.17) is 0 Å². The van der Waals surface area contributed by atoms with Gasteiger partial charge in [-0.15, -0.1) is 0 Å². The van der Waals surface area contributed by atoms with Gasteiger partial charge in [-0.3, -0.25) is 0 Å². The zero-order valence-corrected chi connectivity index (χ0v) is 12.6. The highest BCUT2D eigenvalue weighted by molar-refractivity contribution is 9.10. The van der Waals surface area contributed by atoms with Crippen LogP contribution in [0.3, 0.4) is 0 Å². The van der Waals surface area contributed by atoms with E-state index >= 15 is 0 Å². The first-order valence-electron chi connectivity index (χ1n) is 6.13. The summed E-state index contributed by atoms with van der Waals surface area (Å²) in [6, 6.07) is 12.7. The summed E-state index contributed by atoms with van der Waals surface area (Å²) in [5.74, 6) is 0. The van der Waals surface area contributed by atoms with E-state index in [2.05, 4.69) is 78.4 Å². The number of hydrogen-bond donors (Lipinski definition) is 1.